The largest absolute Gasteiger partial charge is 0.385 e. The van der Waals surface area contributed by atoms with Crippen molar-refractivity contribution in [3.63, 3.8) is 0 Å². The molecule has 0 aliphatic rings. The third-order valence-corrected chi connectivity index (χ3v) is 7.54. The van der Waals surface area contributed by atoms with Gasteiger partial charge in [-0.3, -0.25) is 0 Å². The molecule has 3 aromatic carbocycles. The van der Waals surface area contributed by atoms with Gasteiger partial charge in [-0.2, -0.15) is 0 Å². The minimum Gasteiger partial charge on any atom is -0.385 e. The Kier molecular flexibility index (Phi) is 7.79. The third-order valence-electron chi connectivity index (χ3n) is 6.15. The Morgan fingerprint density at radius 2 is 1.64 bits per heavy atom. The van der Waals surface area contributed by atoms with Crippen LogP contribution in [0.5, 0.6) is 0 Å². The molecule has 0 atom stereocenters. The Bertz CT molecular complexity index is 1410. The van der Waals surface area contributed by atoms with Gasteiger partial charge in [-0.15, -0.1) is 0 Å². The van der Waals surface area contributed by atoms with Crippen LogP contribution in [0.15, 0.2) is 82.2 Å². The van der Waals surface area contributed by atoms with Gasteiger partial charge < -0.3 is 9.84 Å². The summed E-state index contributed by atoms with van der Waals surface area (Å²) >= 11 is 0. The van der Waals surface area contributed by atoms with E-state index < -0.39 is 10.0 Å². The van der Waals surface area contributed by atoms with Crippen molar-refractivity contribution in [2.75, 3.05) is 16.6 Å². The average molecular weight is 504 g/mol. The van der Waals surface area contributed by atoms with Crippen LogP contribution >= 0.6 is 0 Å². The molecular weight excluding hydrogens is 470 g/mol. The van der Waals surface area contributed by atoms with Gasteiger partial charge >= 0.3 is 0 Å². The zero-order valence-electron chi connectivity index (χ0n) is 21.2. The van der Waals surface area contributed by atoms with Gasteiger partial charge in [-0.1, -0.05) is 73.6 Å². The number of rotatable bonds is 10. The van der Waals surface area contributed by atoms with E-state index in [0.29, 0.717) is 22.7 Å². The zero-order valence-corrected chi connectivity index (χ0v) is 22.0. The first-order chi connectivity index (χ1) is 17.2. The van der Waals surface area contributed by atoms with Gasteiger partial charge in [0.25, 0.3) is 10.0 Å². The number of hydrogen-bond donors (Lipinski definition) is 2. The number of hydrogen-bond acceptors (Lipinski definition) is 5. The summed E-state index contributed by atoms with van der Waals surface area (Å²) in [6, 6.07) is 23.7. The molecule has 1 aromatic heterocycles. The minimum absolute atomic E-state index is 0.135. The van der Waals surface area contributed by atoms with Crippen molar-refractivity contribution >= 4 is 21.6 Å². The molecule has 1 heterocycles. The first kappa shape index (κ1) is 25.5. The van der Waals surface area contributed by atoms with Crippen LogP contribution in [0.2, 0.25) is 0 Å². The predicted molar refractivity (Wildman–Crippen MR) is 146 cm³/mol. The number of benzene rings is 3. The van der Waals surface area contributed by atoms with Crippen molar-refractivity contribution in [2.45, 2.75) is 45.4 Å². The fourth-order valence-electron chi connectivity index (χ4n) is 4.08. The number of nitrogens with zero attached hydrogens (tertiary/aromatic N) is 1. The Labute approximate surface area is 213 Å². The molecule has 188 valence electrons. The first-order valence-electron chi connectivity index (χ1n) is 12.2. The highest BCUT2D eigenvalue weighted by molar-refractivity contribution is 7.92. The summed E-state index contributed by atoms with van der Waals surface area (Å²) in [7, 11) is -3.92. The molecule has 0 amide bonds. The van der Waals surface area contributed by atoms with Crippen LogP contribution in [0.25, 0.3) is 11.1 Å². The van der Waals surface area contributed by atoms with E-state index in [1.807, 2.05) is 36.4 Å². The van der Waals surface area contributed by atoms with E-state index in [2.05, 4.69) is 53.3 Å². The van der Waals surface area contributed by atoms with Gasteiger partial charge in [0, 0.05) is 23.4 Å². The van der Waals surface area contributed by atoms with Crippen LogP contribution in [0.4, 0.5) is 11.6 Å². The lowest BCUT2D eigenvalue weighted by molar-refractivity contribution is 0.430. The highest BCUT2D eigenvalue weighted by Gasteiger charge is 2.23. The van der Waals surface area contributed by atoms with Crippen LogP contribution in [0.3, 0.4) is 0 Å². The Balaban J connectivity index is 1.65. The summed E-state index contributed by atoms with van der Waals surface area (Å²) < 4.78 is 34.7. The summed E-state index contributed by atoms with van der Waals surface area (Å²) in [6.07, 6.45) is 1.84. The molecule has 0 aliphatic heterocycles. The normalized spacial score (nSPS) is 11.6. The second kappa shape index (κ2) is 11.0. The van der Waals surface area contributed by atoms with Crippen LogP contribution in [-0.4, -0.2) is 20.1 Å². The lowest BCUT2D eigenvalue weighted by Gasteiger charge is -2.15. The Morgan fingerprint density at radius 1 is 0.917 bits per heavy atom. The van der Waals surface area contributed by atoms with Crippen molar-refractivity contribution in [3.05, 3.63) is 95.2 Å². The molecule has 0 radical (unpaired) electrons. The minimum atomic E-state index is -3.92. The Hall–Kier alpha value is -3.58. The molecule has 36 heavy (non-hydrogen) atoms. The average Bonchev–Trinajstić information content (AvgIpc) is 3.16. The lowest BCUT2D eigenvalue weighted by atomic mass is 9.99. The van der Waals surface area contributed by atoms with Crippen LogP contribution in [0.1, 0.15) is 36.2 Å². The second-order valence-electron chi connectivity index (χ2n) is 9.50. The third kappa shape index (κ3) is 6.15. The molecule has 6 nitrogen and oxygen atoms in total. The van der Waals surface area contributed by atoms with Gasteiger partial charge in [-0.25, -0.2) is 13.1 Å². The molecule has 0 aliphatic carbocycles. The van der Waals surface area contributed by atoms with Gasteiger partial charge in [0.2, 0.25) is 5.88 Å². The second-order valence-corrected chi connectivity index (χ2v) is 11.1. The molecule has 0 spiro atoms. The fraction of sp³-hybridized carbons (Fsp3) is 0.276. The lowest BCUT2D eigenvalue weighted by Crippen LogP contribution is -2.15. The van der Waals surface area contributed by atoms with Crippen molar-refractivity contribution in [3.8, 4) is 11.1 Å². The summed E-state index contributed by atoms with van der Waals surface area (Å²) in [6.45, 7) is 8.65. The van der Waals surface area contributed by atoms with Gasteiger partial charge in [0.1, 0.15) is 0 Å². The number of aryl methyl sites for hydroxylation is 1. The molecule has 0 saturated heterocycles. The maximum atomic E-state index is 13.5. The van der Waals surface area contributed by atoms with Crippen molar-refractivity contribution in [1.29, 1.82) is 0 Å². The van der Waals surface area contributed by atoms with E-state index in [9.17, 15) is 8.42 Å². The monoisotopic (exact) mass is 503 g/mol. The molecule has 2 N–H and O–H groups in total. The maximum absolute atomic E-state index is 13.5. The van der Waals surface area contributed by atoms with E-state index in [1.54, 1.807) is 26.0 Å². The topological polar surface area (TPSA) is 84.2 Å². The van der Waals surface area contributed by atoms with E-state index in [1.165, 1.54) is 11.1 Å². The van der Waals surface area contributed by atoms with Crippen molar-refractivity contribution in [1.82, 2.24) is 5.16 Å². The highest BCUT2D eigenvalue weighted by atomic mass is 32.2. The number of anilines is 2. The van der Waals surface area contributed by atoms with E-state index in [4.69, 9.17) is 4.52 Å². The maximum Gasteiger partial charge on any atom is 0.264 e. The van der Waals surface area contributed by atoms with Crippen LogP contribution in [0, 0.1) is 19.8 Å². The standard InChI is InChI=1S/C29H33N3O3S/c1-20(2)18-24-10-12-25(13-11-24)27-19-26(30-17-16-23-8-6-5-7-9-23)14-15-28(27)36(33,34)32-29-21(3)22(4)31-35-29/h5-15,19-20,30,32H,16-18H2,1-4H3. The summed E-state index contributed by atoms with van der Waals surface area (Å²) in [5.74, 6) is 0.678. The molecule has 0 saturated carbocycles. The predicted octanol–water partition coefficient (Wildman–Crippen LogP) is 6.61. The fourth-order valence-corrected chi connectivity index (χ4v) is 5.33. The number of nitrogens with one attached hydrogen (secondary N) is 2. The quantitative estimate of drug-likeness (QED) is 0.254. The number of aromatic nitrogens is 1. The van der Waals surface area contributed by atoms with E-state index in [0.717, 1.165) is 30.6 Å². The van der Waals surface area contributed by atoms with Crippen LogP contribution < -0.4 is 10.0 Å². The first-order valence-corrected chi connectivity index (χ1v) is 13.7. The molecule has 4 rings (SSSR count). The Morgan fingerprint density at radius 3 is 2.28 bits per heavy atom. The van der Waals surface area contributed by atoms with Crippen LogP contribution in [-0.2, 0) is 22.9 Å². The number of sulfonamides is 1. The summed E-state index contributed by atoms with van der Waals surface area (Å²) in [5.41, 5.74) is 6.09. The smallest absolute Gasteiger partial charge is 0.264 e. The molecular formula is C29H33N3O3S. The van der Waals surface area contributed by atoms with Gasteiger partial charge in [0.05, 0.1) is 10.6 Å². The molecule has 0 unspecified atom stereocenters. The summed E-state index contributed by atoms with van der Waals surface area (Å²) in [5, 5.41) is 7.31. The summed E-state index contributed by atoms with van der Waals surface area (Å²) in [4.78, 5) is 0.182. The zero-order chi connectivity index (χ0) is 25.7. The van der Waals surface area contributed by atoms with Crippen molar-refractivity contribution in [2.24, 2.45) is 5.92 Å². The molecule has 0 bridgehead atoms. The molecule has 0 fully saturated rings. The molecule has 4 aromatic rings. The van der Waals surface area contributed by atoms with E-state index in [-0.39, 0.29) is 10.8 Å². The van der Waals surface area contributed by atoms with Crippen molar-refractivity contribution < 1.29 is 12.9 Å². The van der Waals surface area contributed by atoms with E-state index >= 15 is 0 Å². The van der Waals surface area contributed by atoms with Gasteiger partial charge in [0.15, 0.2) is 0 Å². The molecule has 7 heteroatoms. The SMILES string of the molecule is Cc1noc(NS(=O)(=O)c2ccc(NCCc3ccccc3)cc2-c2ccc(CC(C)C)cc2)c1C. The highest BCUT2D eigenvalue weighted by Crippen LogP contribution is 2.33. The van der Waals surface area contributed by atoms with Gasteiger partial charge in [-0.05, 0) is 67.5 Å².